The molecule has 98 valence electrons. The topological polar surface area (TPSA) is 82.5 Å². The van der Waals surface area contributed by atoms with Gasteiger partial charge in [0.1, 0.15) is 6.04 Å². The highest BCUT2D eigenvalue weighted by Crippen LogP contribution is 2.18. The van der Waals surface area contributed by atoms with E-state index in [1.807, 2.05) is 12.3 Å². The van der Waals surface area contributed by atoms with Crippen molar-refractivity contribution in [3.63, 3.8) is 0 Å². The van der Waals surface area contributed by atoms with Gasteiger partial charge in [0.25, 0.3) is 0 Å². The van der Waals surface area contributed by atoms with Gasteiger partial charge in [0.15, 0.2) is 5.13 Å². The molecule has 0 aliphatic carbocycles. The summed E-state index contributed by atoms with van der Waals surface area (Å²) < 4.78 is 0. The molecule has 2 N–H and O–H groups in total. The first-order valence-corrected chi connectivity index (χ1v) is 6.63. The zero-order chi connectivity index (χ0) is 13.1. The molecule has 1 aliphatic rings. The molecule has 0 bridgehead atoms. The molecule has 2 heterocycles. The third-order valence-electron chi connectivity index (χ3n) is 2.86. The molecule has 1 aliphatic heterocycles. The maximum absolute atomic E-state index is 11.8. The van der Waals surface area contributed by atoms with Crippen LogP contribution in [0.1, 0.15) is 18.5 Å². The molecule has 0 radical (unpaired) electrons. The summed E-state index contributed by atoms with van der Waals surface area (Å²) in [7, 11) is 0. The molecule has 0 unspecified atom stereocenters. The Hall–Kier alpha value is -1.47. The quantitative estimate of drug-likeness (QED) is 0.850. The second-order valence-electron chi connectivity index (χ2n) is 4.31. The van der Waals surface area contributed by atoms with Crippen molar-refractivity contribution in [2.24, 2.45) is 0 Å². The molecule has 0 aromatic carbocycles. The van der Waals surface area contributed by atoms with Crippen LogP contribution in [-0.4, -0.2) is 46.0 Å². The first-order valence-electron chi connectivity index (χ1n) is 5.75. The number of amides is 1. The van der Waals surface area contributed by atoms with Crippen molar-refractivity contribution >= 4 is 28.3 Å². The Morgan fingerprint density at radius 1 is 1.67 bits per heavy atom. The molecule has 1 aromatic rings. The van der Waals surface area contributed by atoms with E-state index in [0.717, 1.165) is 12.1 Å². The lowest BCUT2D eigenvalue weighted by molar-refractivity contribution is -0.142. The summed E-state index contributed by atoms with van der Waals surface area (Å²) in [6.45, 7) is 2.62. The summed E-state index contributed by atoms with van der Waals surface area (Å²) in [5, 5.41) is 14.1. The van der Waals surface area contributed by atoms with Crippen LogP contribution in [0.4, 0.5) is 5.13 Å². The van der Waals surface area contributed by atoms with E-state index < -0.39 is 12.0 Å². The lowest BCUT2D eigenvalue weighted by Gasteiger charge is -2.19. The van der Waals surface area contributed by atoms with Crippen molar-refractivity contribution in [3.05, 3.63) is 11.1 Å². The predicted octanol–water partition coefficient (Wildman–Crippen LogP) is 0.939. The SMILES string of the molecule is Cc1csc(NC(=O)CN2CCC[C@@H]2C(=O)O)n1. The largest absolute Gasteiger partial charge is 0.480 e. The number of likely N-dealkylation sites (tertiary alicyclic amines) is 1. The summed E-state index contributed by atoms with van der Waals surface area (Å²) in [5.41, 5.74) is 0.861. The summed E-state index contributed by atoms with van der Waals surface area (Å²) in [6, 6.07) is -0.534. The number of thiazole rings is 1. The number of carbonyl (C=O) groups is 2. The third kappa shape index (κ3) is 3.05. The Balaban J connectivity index is 1.89. The minimum Gasteiger partial charge on any atom is -0.480 e. The summed E-state index contributed by atoms with van der Waals surface area (Å²) >= 11 is 1.36. The van der Waals surface area contributed by atoms with Crippen LogP contribution in [0.5, 0.6) is 0 Å². The lowest BCUT2D eigenvalue weighted by Crippen LogP contribution is -2.40. The van der Waals surface area contributed by atoms with E-state index in [4.69, 9.17) is 5.11 Å². The fraction of sp³-hybridized carbons (Fsp3) is 0.545. The molecular weight excluding hydrogens is 254 g/mol. The number of nitrogens with zero attached hydrogens (tertiary/aromatic N) is 2. The maximum atomic E-state index is 11.8. The van der Waals surface area contributed by atoms with E-state index in [2.05, 4.69) is 10.3 Å². The van der Waals surface area contributed by atoms with Crippen molar-refractivity contribution in [1.82, 2.24) is 9.88 Å². The Morgan fingerprint density at radius 2 is 2.44 bits per heavy atom. The van der Waals surface area contributed by atoms with E-state index in [9.17, 15) is 9.59 Å². The zero-order valence-corrected chi connectivity index (χ0v) is 10.9. The van der Waals surface area contributed by atoms with Crippen LogP contribution < -0.4 is 5.32 Å². The molecule has 1 fully saturated rings. The number of carboxylic acids is 1. The molecule has 7 heteroatoms. The van der Waals surface area contributed by atoms with E-state index >= 15 is 0 Å². The van der Waals surface area contributed by atoms with Crippen LogP contribution in [0, 0.1) is 6.92 Å². The molecule has 0 saturated carbocycles. The Morgan fingerprint density at radius 3 is 3.06 bits per heavy atom. The first-order chi connectivity index (χ1) is 8.56. The van der Waals surface area contributed by atoms with Gasteiger partial charge >= 0.3 is 5.97 Å². The average molecular weight is 269 g/mol. The van der Waals surface area contributed by atoms with Crippen LogP contribution in [0.25, 0.3) is 0 Å². The highest BCUT2D eigenvalue weighted by Gasteiger charge is 2.31. The number of hydrogen-bond donors (Lipinski definition) is 2. The summed E-state index contributed by atoms with van der Waals surface area (Å²) in [6.07, 6.45) is 1.43. The van der Waals surface area contributed by atoms with E-state index in [0.29, 0.717) is 18.1 Å². The third-order valence-corrected chi connectivity index (χ3v) is 3.74. The number of anilines is 1. The normalized spacial score (nSPS) is 19.9. The highest BCUT2D eigenvalue weighted by molar-refractivity contribution is 7.13. The number of nitrogens with one attached hydrogen (secondary N) is 1. The smallest absolute Gasteiger partial charge is 0.320 e. The second-order valence-corrected chi connectivity index (χ2v) is 5.17. The van der Waals surface area contributed by atoms with Gasteiger partial charge in [-0.3, -0.25) is 14.5 Å². The van der Waals surface area contributed by atoms with Gasteiger partial charge in [-0.15, -0.1) is 11.3 Å². The van der Waals surface area contributed by atoms with Gasteiger partial charge in [0.05, 0.1) is 12.2 Å². The standard InChI is InChI=1S/C11H15N3O3S/c1-7-6-18-11(12-7)13-9(15)5-14-4-2-3-8(14)10(16)17/h6,8H,2-5H2,1H3,(H,16,17)(H,12,13,15)/t8-/m1/s1. The van der Waals surface area contributed by atoms with E-state index in [-0.39, 0.29) is 12.5 Å². The molecule has 2 rings (SSSR count). The molecule has 1 atom stereocenters. The Kier molecular flexibility index (Phi) is 3.93. The summed E-state index contributed by atoms with van der Waals surface area (Å²) in [5.74, 6) is -1.07. The highest BCUT2D eigenvalue weighted by atomic mass is 32.1. The van der Waals surface area contributed by atoms with Crippen molar-refractivity contribution in [1.29, 1.82) is 0 Å². The fourth-order valence-corrected chi connectivity index (χ4v) is 2.75. The number of carboxylic acid groups (broad SMARTS) is 1. The number of aryl methyl sites for hydroxylation is 1. The maximum Gasteiger partial charge on any atom is 0.320 e. The van der Waals surface area contributed by atoms with Crippen LogP contribution in [0.2, 0.25) is 0 Å². The average Bonchev–Trinajstić information content (AvgIpc) is 2.87. The molecular formula is C11H15N3O3S. The van der Waals surface area contributed by atoms with Crippen LogP contribution in [0.3, 0.4) is 0 Å². The van der Waals surface area contributed by atoms with Gasteiger partial charge in [-0.25, -0.2) is 4.98 Å². The Labute approximate surface area is 109 Å². The number of rotatable bonds is 4. The monoisotopic (exact) mass is 269 g/mol. The van der Waals surface area contributed by atoms with Crippen LogP contribution in [0.15, 0.2) is 5.38 Å². The van der Waals surface area contributed by atoms with Gasteiger partial charge in [0, 0.05) is 5.38 Å². The van der Waals surface area contributed by atoms with Crippen LogP contribution in [-0.2, 0) is 9.59 Å². The van der Waals surface area contributed by atoms with Gasteiger partial charge in [0.2, 0.25) is 5.91 Å². The molecule has 1 saturated heterocycles. The second kappa shape index (κ2) is 5.45. The molecule has 1 amide bonds. The zero-order valence-electron chi connectivity index (χ0n) is 10.0. The fourth-order valence-electron chi connectivity index (χ4n) is 2.05. The van der Waals surface area contributed by atoms with Crippen molar-refractivity contribution in [3.8, 4) is 0 Å². The number of hydrogen-bond acceptors (Lipinski definition) is 5. The van der Waals surface area contributed by atoms with Crippen molar-refractivity contribution < 1.29 is 14.7 Å². The van der Waals surface area contributed by atoms with Crippen molar-refractivity contribution in [2.45, 2.75) is 25.8 Å². The van der Waals surface area contributed by atoms with Gasteiger partial charge < -0.3 is 10.4 Å². The van der Waals surface area contributed by atoms with Crippen LogP contribution >= 0.6 is 11.3 Å². The van der Waals surface area contributed by atoms with E-state index in [1.54, 1.807) is 4.90 Å². The summed E-state index contributed by atoms with van der Waals surface area (Å²) in [4.78, 5) is 28.6. The first kappa shape index (κ1) is 13.0. The minimum absolute atomic E-state index is 0.107. The number of aliphatic carboxylic acids is 1. The Bertz CT molecular complexity index is 460. The minimum atomic E-state index is -0.856. The molecule has 0 spiro atoms. The van der Waals surface area contributed by atoms with Crippen molar-refractivity contribution in [2.75, 3.05) is 18.4 Å². The van der Waals surface area contributed by atoms with E-state index in [1.165, 1.54) is 11.3 Å². The number of carbonyl (C=O) groups excluding carboxylic acids is 1. The molecule has 1 aromatic heterocycles. The number of aromatic nitrogens is 1. The van der Waals surface area contributed by atoms with Gasteiger partial charge in [-0.2, -0.15) is 0 Å². The predicted molar refractivity (Wildman–Crippen MR) is 67.7 cm³/mol. The molecule has 6 nitrogen and oxygen atoms in total. The van der Waals surface area contributed by atoms with Gasteiger partial charge in [-0.1, -0.05) is 0 Å². The molecule has 18 heavy (non-hydrogen) atoms. The lowest BCUT2D eigenvalue weighted by atomic mass is 10.2. The van der Waals surface area contributed by atoms with Gasteiger partial charge in [-0.05, 0) is 26.3 Å².